The molecular weight excluding hydrogens is 166 g/mol. The average Bonchev–Trinajstić information content (AvgIpc) is 2.71. The van der Waals surface area contributed by atoms with E-state index in [1.807, 2.05) is 6.20 Å². The second kappa shape index (κ2) is 3.32. The summed E-state index contributed by atoms with van der Waals surface area (Å²) in [5, 5.41) is 0. The van der Waals surface area contributed by atoms with Gasteiger partial charge in [0.05, 0.1) is 11.9 Å². The van der Waals surface area contributed by atoms with Crippen molar-refractivity contribution in [3.05, 3.63) is 36.8 Å². The summed E-state index contributed by atoms with van der Waals surface area (Å²) in [6.45, 7) is 0.398. The third-order valence-electron chi connectivity index (χ3n) is 1.65. The number of nitrogens with zero attached hydrogens (tertiary/aromatic N) is 4. The molecular formula is C8H9N5. The Balaban J connectivity index is 2.41. The van der Waals surface area contributed by atoms with Gasteiger partial charge in [0.25, 0.3) is 0 Å². The van der Waals surface area contributed by atoms with Gasteiger partial charge >= 0.3 is 0 Å². The van der Waals surface area contributed by atoms with Crippen molar-refractivity contribution in [1.82, 2.24) is 19.5 Å². The van der Waals surface area contributed by atoms with Crippen LogP contribution in [-0.2, 0) is 6.54 Å². The summed E-state index contributed by atoms with van der Waals surface area (Å²) in [5.41, 5.74) is 6.21. The van der Waals surface area contributed by atoms with Crippen molar-refractivity contribution < 1.29 is 0 Å². The van der Waals surface area contributed by atoms with Crippen molar-refractivity contribution in [3.63, 3.8) is 0 Å². The maximum absolute atomic E-state index is 5.44. The molecule has 0 aliphatic rings. The zero-order valence-corrected chi connectivity index (χ0v) is 6.96. The second-order valence-electron chi connectivity index (χ2n) is 2.54. The standard InChI is InChI=1S/C8H9N5/c9-3-7-4-11-5-8(12-7)13-2-1-10-6-13/h1-2,4-6H,3,9H2. The minimum atomic E-state index is 0.398. The Kier molecular flexibility index (Phi) is 2.01. The molecule has 0 unspecified atom stereocenters. The first-order valence-electron chi connectivity index (χ1n) is 3.89. The van der Waals surface area contributed by atoms with Crippen molar-refractivity contribution in [3.8, 4) is 5.82 Å². The van der Waals surface area contributed by atoms with Crippen molar-refractivity contribution in [2.75, 3.05) is 0 Å². The molecule has 0 atom stereocenters. The van der Waals surface area contributed by atoms with Gasteiger partial charge in [-0.15, -0.1) is 0 Å². The van der Waals surface area contributed by atoms with Gasteiger partial charge in [-0.2, -0.15) is 0 Å². The zero-order chi connectivity index (χ0) is 9.10. The van der Waals surface area contributed by atoms with Crippen LogP contribution >= 0.6 is 0 Å². The number of rotatable bonds is 2. The molecule has 0 aliphatic carbocycles. The van der Waals surface area contributed by atoms with E-state index in [0.29, 0.717) is 6.54 Å². The van der Waals surface area contributed by atoms with Crippen LogP contribution in [0.15, 0.2) is 31.1 Å². The zero-order valence-electron chi connectivity index (χ0n) is 6.96. The Hall–Kier alpha value is -1.75. The Morgan fingerprint density at radius 1 is 1.31 bits per heavy atom. The molecule has 5 heteroatoms. The van der Waals surface area contributed by atoms with Crippen LogP contribution in [0, 0.1) is 0 Å². The van der Waals surface area contributed by atoms with E-state index in [1.54, 1.807) is 29.5 Å². The molecule has 2 heterocycles. The lowest BCUT2D eigenvalue weighted by Gasteiger charge is -2.01. The monoisotopic (exact) mass is 175 g/mol. The number of imidazole rings is 1. The van der Waals surface area contributed by atoms with Crippen LogP contribution in [-0.4, -0.2) is 19.5 Å². The van der Waals surface area contributed by atoms with E-state index in [4.69, 9.17) is 5.73 Å². The van der Waals surface area contributed by atoms with Crippen LogP contribution in [0.3, 0.4) is 0 Å². The molecule has 2 aromatic heterocycles. The predicted molar refractivity (Wildman–Crippen MR) is 47.0 cm³/mol. The third-order valence-corrected chi connectivity index (χ3v) is 1.65. The van der Waals surface area contributed by atoms with Gasteiger partial charge in [-0.25, -0.2) is 9.97 Å². The van der Waals surface area contributed by atoms with Crippen LogP contribution < -0.4 is 5.73 Å². The molecule has 0 amide bonds. The normalized spacial score (nSPS) is 10.2. The van der Waals surface area contributed by atoms with E-state index < -0.39 is 0 Å². The van der Waals surface area contributed by atoms with E-state index >= 15 is 0 Å². The van der Waals surface area contributed by atoms with E-state index in [-0.39, 0.29) is 0 Å². The topological polar surface area (TPSA) is 69.6 Å². The van der Waals surface area contributed by atoms with Gasteiger partial charge in [-0.1, -0.05) is 0 Å². The lowest BCUT2D eigenvalue weighted by molar-refractivity contribution is 0.900. The van der Waals surface area contributed by atoms with Gasteiger partial charge in [0.15, 0.2) is 5.82 Å². The fourth-order valence-electron chi connectivity index (χ4n) is 1.01. The van der Waals surface area contributed by atoms with Gasteiger partial charge in [0, 0.05) is 25.1 Å². The summed E-state index contributed by atoms with van der Waals surface area (Å²) in [6.07, 6.45) is 8.49. The first-order valence-corrected chi connectivity index (χ1v) is 3.89. The molecule has 0 bridgehead atoms. The Morgan fingerprint density at radius 3 is 2.92 bits per heavy atom. The van der Waals surface area contributed by atoms with Crippen LogP contribution in [0.4, 0.5) is 0 Å². The maximum Gasteiger partial charge on any atom is 0.156 e. The number of aromatic nitrogens is 4. The Morgan fingerprint density at radius 2 is 2.23 bits per heavy atom. The molecule has 2 N–H and O–H groups in total. The van der Waals surface area contributed by atoms with E-state index in [9.17, 15) is 0 Å². The first kappa shape index (κ1) is 7.88. The van der Waals surface area contributed by atoms with Crippen molar-refractivity contribution in [2.24, 2.45) is 5.73 Å². The van der Waals surface area contributed by atoms with E-state index in [2.05, 4.69) is 15.0 Å². The quantitative estimate of drug-likeness (QED) is 0.703. The van der Waals surface area contributed by atoms with Gasteiger partial charge in [0.2, 0.25) is 0 Å². The number of hydrogen-bond acceptors (Lipinski definition) is 4. The van der Waals surface area contributed by atoms with Crippen molar-refractivity contribution >= 4 is 0 Å². The molecule has 0 fully saturated rings. The highest BCUT2D eigenvalue weighted by atomic mass is 15.1. The van der Waals surface area contributed by atoms with E-state index in [1.165, 1.54) is 0 Å². The van der Waals surface area contributed by atoms with Crippen LogP contribution in [0.1, 0.15) is 5.69 Å². The molecule has 0 saturated heterocycles. The minimum absolute atomic E-state index is 0.398. The summed E-state index contributed by atoms with van der Waals surface area (Å²) in [7, 11) is 0. The summed E-state index contributed by atoms with van der Waals surface area (Å²) < 4.78 is 1.78. The van der Waals surface area contributed by atoms with Gasteiger partial charge in [0.1, 0.15) is 6.33 Å². The Labute approximate surface area is 75.3 Å². The lowest BCUT2D eigenvalue weighted by Crippen LogP contribution is -2.04. The molecule has 0 spiro atoms. The highest BCUT2D eigenvalue weighted by Crippen LogP contribution is 2.01. The Bertz CT molecular complexity index is 381. The molecule has 0 aromatic carbocycles. The van der Waals surface area contributed by atoms with Crippen molar-refractivity contribution in [1.29, 1.82) is 0 Å². The maximum atomic E-state index is 5.44. The number of hydrogen-bond donors (Lipinski definition) is 1. The second-order valence-corrected chi connectivity index (χ2v) is 2.54. The van der Waals surface area contributed by atoms with Crippen molar-refractivity contribution in [2.45, 2.75) is 6.54 Å². The molecule has 2 rings (SSSR count). The fraction of sp³-hybridized carbons (Fsp3) is 0.125. The predicted octanol–water partition coefficient (Wildman–Crippen LogP) is 0.121. The highest BCUT2D eigenvalue weighted by molar-refractivity contribution is 5.19. The first-order chi connectivity index (χ1) is 6.40. The summed E-state index contributed by atoms with van der Waals surface area (Å²) >= 11 is 0. The van der Waals surface area contributed by atoms with Gasteiger partial charge < -0.3 is 5.73 Å². The van der Waals surface area contributed by atoms with Crippen LogP contribution in [0.2, 0.25) is 0 Å². The molecule has 13 heavy (non-hydrogen) atoms. The molecule has 0 radical (unpaired) electrons. The third kappa shape index (κ3) is 1.54. The summed E-state index contributed by atoms with van der Waals surface area (Å²) in [4.78, 5) is 12.2. The molecule has 2 aromatic rings. The average molecular weight is 175 g/mol. The summed E-state index contributed by atoms with van der Waals surface area (Å²) in [6, 6.07) is 0. The van der Waals surface area contributed by atoms with Gasteiger partial charge in [-0.3, -0.25) is 9.55 Å². The molecule has 0 saturated carbocycles. The SMILES string of the molecule is NCc1cncc(-n2ccnc2)n1. The highest BCUT2D eigenvalue weighted by Gasteiger charge is 1.98. The summed E-state index contributed by atoms with van der Waals surface area (Å²) in [5.74, 6) is 0.737. The van der Waals surface area contributed by atoms with E-state index in [0.717, 1.165) is 11.5 Å². The largest absolute Gasteiger partial charge is 0.325 e. The van der Waals surface area contributed by atoms with Gasteiger partial charge in [-0.05, 0) is 0 Å². The van der Waals surface area contributed by atoms with Crippen LogP contribution in [0.25, 0.3) is 5.82 Å². The lowest BCUT2D eigenvalue weighted by atomic mass is 10.4. The minimum Gasteiger partial charge on any atom is -0.325 e. The molecule has 0 aliphatic heterocycles. The molecule has 5 nitrogen and oxygen atoms in total. The van der Waals surface area contributed by atoms with Crippen LogP contribution in [0.5, 0.6) is 0 Å². The fourth-order valence-corrected chi connectivity index (χ4v) is 1.01. The smallest absolute Gasteiger partial charge is 0.156 e. The molecule has 66 valence electrons. The number of nitrogens with two attached hydrogens (primary N) is 1.